The molecule has 1 saturated heterocycles. The van der Waals surface area contributed by atoms with E-state index < -0.39 is 0 Å². The van der Waals surface area contributed by atoms with Crippen LogP contribution in [0.5, 0.6) is 0 Å². The van der Waals surface area contributed by atoms with Crippen LogP contribution in [0.2, 0.25) is 0 Å². The first-order valence-corrected chi connectivity index (χ1v) is 12.8. The number of nitrogens with zero attached hydrogens (tertiary/aromatic N) is 6. The number of hydrogen-bond donors (Lipinski definition) is 0. The van der Waals surface area contributed by atoms with E-state index in [0.717, 1.165) is 85.7 Å². The SMILES string of the molecule is CCN(CC)CCCCC(=O)C1CCCN(c2nnc(C)c3c(C)n(-c4ccccc4)nc23)C1. The standard InChI is InChI=1S/C27H38N6O/c1-5-31(6-2)17-11-10-16-24(34)22-13-12-18-32(19-22)27-26-25(20(3)28-29-27)21(4)33(30-26)23-14-8-7-9-15-23/h7-9,14-15,22H,5-6,10-13,16-19H2,1-4H3. The zero-order valence-corrected chi connectivity index (χ0v) is 21.1. The summed E-state index contributed by atoms with van der Waals surface area (Å²) in [6.07, 6.45) is 4.69. The lowest BCUT2D eigenvalue weighted by atomic mass is 9.91. The summed E-state index contributed by atoms with van der Waals surface area (Å²) in [6, 6.07) is 10.2. The lowest BCUT2D eigenvalue weighted by Crippen LogP contribution is -2.39. The van der Waals surface area contributed by atoms with Crippen LogP contribution in [0, 0.1) is 19.8 Å². The molecule has 1 aliphatic heterocycles. The van der Waals surface area contributed by atoms with Gasteiger partial charge in [-0.1, -0.05) is 32.0 Å². The average Bonchev–Trinajstić information content (AvgIpc) is 3.22. The number of para-hydroxylation sites is 1. The van der Waals surface area contributed by atoms with Crippen LogP contribution in [0.15, 0.2) is 30.3 Å². The van der Waals surface area contributed by atoms with Crippen molar-refractivity contribution < 1.29 is 4.79 Å². The smallest absolute Gasteiger partial charge is 0.179 e. The molecule has 0 saturated carbocycles. The first kappa shape index (κ1) is 24.3. The minimum absolute atomic E-state index is 0.0673. The van der Waals surface area contributed by atoms with E-state index >= 15 is 0 Å². The first-order chi connectivity index (χ1) is 16.5. The number of rotatable bonds is 10. The average molecular weight is 463 g/mol. The molecule has 1 aliphatic rings. The van der Waals surface area contributed by atoms with Gasteiger partial charge in [-0.25, -0.2) is 4.68 Å². The van der Waals surface area contributed by atoms with Crippen molar-refractivity contribution in [2.24, 2.45) is 5.92 Å². The molecule has 182 valence electrons. The number of Topliss-reactive ketones (excluding diaryl/α,β-unsaturated/α-hetero) is 1. The number of unbranched alkanes of at least 4 members (excludes halogenated alkanes) is 1. The zero-order valence-electron chi connectivity index (χ0n) is 21.1. The summed E-state index contributed by atoms with van der Waals surface area (Å²) < 4.78 is 1.98. The molecule has 7 nitrogen and oxygen atoms in total. The molecule has 34 heavy (non-hydrogen) atoms. The highest BCUT2D eigenvalue weighted by Gasteiger charge is 2.29. The van der Waals surface area contributed by atoms with Gasteiger partial charge >= 0.3 is 0 Å². The van der Waals surface area contributed by atoms with Gasteiger partial charge in [0.05, 0.1) is 22.5 Å². The highest BCUT2D eigenvalue weighted by molar-refractivity contribution is 5.92. The molecule has 1 atom stereocenters. The molecule has 1 aromatic carbocycles. The van der Waals surface area contributed by atoms with Crippen LogP contribution < -0.4 is 4.90 Å². The fourth-order valence-electron chi connectivity index (χ4n) is 5.16. The van der Waals surface area contributed by atoms with Crippen LogP contribution in [0.1, 0.15) is 57.3 Å². The second-order valence-electron chi connectivity index (χ2n) is 9.40. The molecule has 0 bridgehead atoms. The maximum atomic E-state index is 13.0. The Balaban J connectivity index is 1.50. The molecular weight excluding hydrogens is 424 g/mol. The van der Waals surface area contributed by atoms with Crippen molar-refractivity contribution in [2.75, 3.05) is 37.6 Å². The van der Waals surface area contributed by atoms with E-state index in [1.54, 1.807) is 0 Å². The quantitative estimate of drug-likeness (QED) is 0.406. The summed E-state index contributed by atoms with van der Waals surface area (Å²) >= 11 is 0. The van der Waals surface area contributed by atoms with Gasteiger partial charge in [-0.2, -0.15) is 10.2 Å². The van der Waals surface area contributed by atoms with Crippen molar-refractivity contribution in [3.05, 3.63) is 41.7 Å². The van der Waals surface area contributed by atoms with Crippen LogP contribution in [-0.4, -0.2) is 63.4 Å². The third kappa shape index (κ3) is 5.14. The van der Waals surface area contributed by atoms with Gasteiger partial charge in [0.2, 0.25) is 0 Å². The van der Waals surface area contributed by atoms with Gasteiger partial charge in [-0.15, -0.1) is 5.10 Å². The molecule has 3 aromatic rings. The van der Waals surface area contributed by atoms with Crippen LogP contribution >= 0.6 is 0 Å². The fourth-order valence-corrected chi connectivity index (χ4v) is 5.16. The monoisotopic (exact) mass is 462 g/mol. The number of aryl methyl sites for hydroxylation is 2. The van der Waals surface area contributed by atoms with Crippen molar-refractivity contribution in [3.63, 3.8) is 0 Å². The predicted octanol–water partition coefficient (Wildman–Crippen LogP) is 4.73. The summed E-state index contributed by atoms with van der Waals surface area (Å²) in [7, 11) is 0. The Bertz CT molecular complexity index is 1110. The van der Waals surface area contributed by atoms with Crippen molar-refractivity contribution in [2.45, 2.75) is 59.8 Å². The van der Waals surface area contributed by atoms with Crippen molar-refractivity contribution in [3.8, 4) is 5.69 Å². The Morgan fingerprint density at radius 1 is 1.09 bits per heavy atom. The molecule has 0 amide bonds. The van der Waals surface area contributed by atoms with Crippen LogP contribution in [0.3, 0.4) is 0 Å². The number of carbonyl (C=O) groups is 1. The number of anilines is 1. The maximum absolute atomic E-state index is 13.0. The Hall–Kier alpha value is -2.80. The van der Waals surface area contributed by atoms with Gasteiger partial charge in [0.25, 0.3) is 0 Å². The number of ketones is 1. The summed E-state index contributed by atoms with van der Waals surface area (Å²) in [5, 5.41) is 15.1. The Kier molecular flexibility index (Phi) is 7.93. The molecule has 7 heteroatoms. The number of carbonyl (C=O) groups excluding carboxylic acids is 1. The lowest BCUT2D eigenvalue weighted by Gasteiger charge is -2.32. The second kappa shape index (κ2) is 11.1. The highest BCUT2D eigenvalue weighted by Crippen LogP contribution is 2.32. The number of aromatic nitrogens is 4. The number of fused-ring (bicyclic) bond motifs is 1. The largest absolute Gasteiger partial charge is 0.353 e. The van der Waals surface area contributed by atoms with Crippen LogP contribution in [0.4, 0.5) is 5.82 Å². The van der Waals surface area contributed by atoms with E-state index in [0.29, 0.717) is 18.7 Å². The van der Waals surface area contributed by atoms with Crippen molar-refractivity contribution >= 4 is 22.5 Å². The number of piperidine rings is 1. The van der Waals surface area contributed by atoms with Crippen LogP contribution in [0.25, 0.3) is 16.6 Å². The molecule has 4 rings (SSSR count). The van der Waals surface area contributed by atoms with Gasteiger partial charge in [0, 0.05) is 25.4 Å². The van der Waals surface area contributed by atoms with Gasteiger partial charge in [0.1, 0.15) is 11.3 Å². The molecule has 1 unspecified atom stereocenters. The number of hydrogen-bond acceptors (Lipinski definition) is 6. The van der Waals surface area contributed by atoms with Gasteiger partial charge in [0.15, 0.2) is 5.82 Å². The molecule has 3 heterocycles. The third-order valence-electron chi connectivity index (χ3n) is 7.20. The number of benzene rings is 1. The zero-order chi connectivity index (χ0) is 24.1. The summed E-state index contributed by atoms with van der Waals surface area (Å²) in [5.41, 5.74) is 3.85. The summed E-state index contributed by atoms with van der Waals surface area (Å²) in [6.45, 7) is 13.3. The lowest BCUT2D eigenvalue weighted by molar-refractivity contribution is -0.123. The molecule has 0 radical (unpaired) electrons. The van der Waals surface area contributed by atoms with Crippen molar-refractivity contribution in [1.82, 2.24) is 24.9 Å². The van der Waals surface area contributed by atoms with Crippen molar-refractivity contribution in [1.29, 1.82) is 0 Å². The molecule has 1 fully saturated rings. The van der Waals surface area contributed by atoms with Gasteiger partial charge < -0.3 is 9.80 Å². The third-order valence-corrected chi connectivity index (χ3v) is 7.20. The fraction of sp³-hybridized carbons (Fsp3) is 0.556. The normalized spacial score (nSPS) is 16.5. The maximum Gasteiger partial charge on any atom is 0.179 e. The Morgan fingerprint density at radius 2 is 1.85 bits per heavy atom. The second-order valence-corrected chi connectivity index (χ2v) is 9.40. The predicted molar refractivity (Wildman–Crippen MR) is 138 cm³/mol. The van der Waals surface area contributed by atoms with E-state index in [1.165, 1.54) is 0 Å². The summed E-state index contributed by atoms with van der Waals surface area (Å²) in [5.74, 6) is 1.27. The summed E-state index contributed by atoms with van der Waals surface area (Å²) in [4.78, 5) is 17.7. The van der Waals surface area contributed by atoms with Crippen LogP contribution in [-0.2, 0) is 4.79 Å². The molecular formula is C27H38N6O. The minimum Gasteiger partial charge on any atom is -0.353 e. The van der Waals surface area contributed by atoms with Gasteiger partial charge in [-0.05, 0) is 71.3 Å². The minimum atomic E-state index is 0.0673. The van der Waals surface area contributed by atoms with E-state index in [4.69, 9.17) is 5.10 Å². The first-order valence-electron chi connectivity index (χ1n) is 12.8. The van der Waals surface area contributed by atoms with E-state index in [-0.39, 0.29) is 5.92 Å². The molecule has 0 spiro atoms. The topological polar surface area (TPSA) is 67.2 Å². The molecule has 0 N–H and O–H groups in total. The highest BCUT2D eigenvalue weighted by atomic mass is 16.1. The molecule has 2 aromatic heterocycles. The van der Waals surface area contributed by atoms with Gasteiger partial charge in [-0.3, -0.25) is 4.79 Å². The van der Waals surface area contributed by atoms with E-state index in [1.807, 2.05) is 29.8 Å². The van der Waals surface area contributed by atoms with E-state index in [2.05, 4.69) is 52.9 Å². The van der Waals surface area contributed by atoms with E-state index in [9.17, 15) is 4.79 Å². The Morgan fingerprint density at radius 3 is 2.59 bits per heavy atom. The molecule has 0 aliphatic carbocycles. The Labute approximate surface area is 203 Å².